The number of nitrogens with one attached hydrogen (secondary N) is 1. The lowest BCUT2D eigenvalue weighted by molar-refractivity contribution is 0.242. The molecule has 1 aromatic heterocycles. The predicted molar refractivity (Wildman–Crippen MR) is 88.2 cm³/mol. The Labute approximate surface area is 131 Å². The maximum Gasteiger partial charge on any atom is 0.152 e. The van der Waals surface area contributed by atoms with Crippen LogP contribution in [0.2, 0.25) is 5.15 Å². The van der Waals surface area contributed by atoms with Gasteiger partial charge >= 0.3 is 0 Å². The molecule has 1 heterocycles. The molecule has 1 unspecified atom stereocenters. The van der Waals surface area contributed by atoms with Crippen molar-refractivity contribution in [3.8, 4) is 5.75 Å². The van der Waals surface area contributed by atoms with E-state index in [1.165, 1.54) is 5.56 Å². The Morgan fingerprint density at radius 1 is 1.14 bits per heavy atom. The number of aryl methyl sites for hydroxylation is 1. The molecule has 2 aromatic rings. The van der Waals surface area contributed by atoms with E-state index in [0.717, 1.165) is 17.0 Å². The summed E-state index contributed by atoms with van der Waals surface area (Å²) in [6.45, 7) is 8.13. The molecule has 0 aliphatic rings. The molecule has 0 aliphatic heterocycles. The first kappa shape index (κ1) is 15.6. The molecule has 0 amide bonds. The summed E-state index contributed by atoms with van der Waals surface area (Å²) in [6, 6.07) is 10.2. The van der Waals surface area contributed by atoms with E-state index in [9.17, 15) is 0 Å². The number of hydrogen-bond donors (Lipinski definition) is 1. The molecule has 3 nitrogen and oxygen atoms in total. The molecule has 0 fully saturated rings. The molecule has 0 saturated carbocycles. The van der Waals surface area contributed by atoms with Gasteiger partial charge in [-0.25, -0.2) is 4.98 Å². The van der Waals surface area contributed by atoms with E-state index in [4.69, 9.17) is 16.3 Å². The number of anilines is 1. The van der Waals surface area contributed by atoms with Crippen molar-refractivity contribution in [1.29, 1.82) is 0 Å². The van der Waals surface area contributed by atoms with E-state index in [1.54, 1.807) is 6.20 Å². The molecule has 112 valence electrons. The van der Waals surface area contributed by atoms with Crippen LogP contribution in [0, 0.1) is 6.92 Å². The molecule has 2 rings (SSSR count). The van der Waals surface area contributed by atoms with Gasteiger partial charge in [0.25, 0.3) is 0 Å². The second-order valence-corrected chi connectivity index (χ2v) is 5.81. The molecular weight excluding hydrogens is 284 g/mol. The van der Waals surface area contributed by atoms with Crippen molar-refractivity contribution in [2.75, 3.05) is 5.32 Å². The van der Waals surface area contributed by atoms with Gasteiger partial charge in [0.1, 0.15) is 5.75 Å². The lowest BCUT2D eigenvalue weighted by Crippen LogP contribution is -2.08. The Hall–Kier alpha value is -1.74. The molecule has 21 heavy (non-hydrogen) atoms. The quantitative estimate of drug-likeness (QED) is 0.789. The third kappa shape index (κ3) is 4.36. The van der Waals surface area contributed by atoms with E-state index < -0.39 is 0 Å². The van der Waals surface area contributed by atoms with E-state index in [-0.39, 0.29) is 12.1 Å². The van der Waals surface area contributed by atoms with Gasteiger partial charge in [-0.15, -0.1) is 0 Å². The normalized spacial score (nSPS) is 12.3. The molecule has 1 atom stereocenters. The zero-order valence-electron chi connectivity index (χ0n) is 12.9. The molecule has 1 aromatic carbocycles. The van der Waals surface area contributed by atoms with Gasteiger partial charge in [0.15, 0.2) is 5.15 Å². The minimum Gasteiger partial charge on any atom is -0.491 e. The summed E-state index contributed by atoms with van der Waals surface area (Å²) in [4.78, 5) is 4.16. The Morgan fingerprint density at radius 3 is 2.43 bits per heavy atom. The van der Waals surface area contributed by atoms with E-state index in [0.29, 0.717) is 5.15 Å². The summed E-state index contributed by atoms with van der Waals surface area (Å²) >= 11 is 6.12. The number of nitrogens with zero attached hydrogens (tertiary/aromatic N) is 1. The first-order chi connectivity index (χ1) is 9.95. The topological polar surface area (TPSA) is 34.2 Å². The second kappa shape index (κ2) is 6.81. The van der Waals surface area contributed by atoms with Gasteiger partial charge in [-0.1, -0.05) is 23.7 Å². The lowest BCUT2D eigenvalue weighted by Gasteiger charge is -2.17. The maximum atomic E-state index is 6.12. The Morgan fingerprint density at radius 2 is 1.81 bits per heavy atom. The fraction of sp³-hybridized carbons (Fsp3) is 0.353. The average Bonchev–Trinajstić information content (AvgIpc) is 2.43. The van der Waals surface area contributed by atoms with Gasteiger partial charge in [0, 0.05) is 12.2 Å². The van der Waals surface area contributed by atoms with E-state index >= 15 is 0 Å². The molecule has 0 aliphatic carbocycles. The summed E-state index contributed by atoms with van der Waals surface area (Å²) in [7, 11) is 0. The number of aromatic nitrogens is 1. The van der Waals surface area contributed by atoms with Gasteiger partial charge in [0.05, 0.1) is 11.8 Å². The fourth-order valence-corrected chi connectivity index (χ4v) is 2.24. The second-order valence-electron chi connectivity index (χ2n) is 5.45. The van der Waals surface area contributed by atoms with Crippen molar-refractivity contribution in [2.45, 2.75) is 39.8 Å². The van der Waals surface area contributed by atoms with Gasteiger partial charge in [-0.2, -0.15) is 0 Å². The van der Waals surface area contributed by atoms with Crippen LogP contribution in [0.3, 0.4) is 0 Å². The van der Waals surface area contributed by atoms with Gasteiger partial charge in [-0.3, -0.25) is 0 Å². The molecule has 0 spiro atoms. The Kier molecular flexibility index (Phi) is 5.07. The largest absolute Gasteiger partial charge is 0.491 e. The van der Waals surface area contributed by atoms with E-state index in [2.05, 4.69) is 29.4 Å². The summed E-state index contributed by atoms with van der Waals surface area (Å²) in [5.74, 6) is 0.885. The number of rotatable bonds is 5. The van der Waals surface area contributed by atoms with Crippen LogP contribution >= 0.6 is 11.6 Å². The zero-order valence-corrected chi connectivity index (χ0v) is 13.6. The van der Waals surface area contributed by atoms with E-state index in [1.807, 2.05) is 39.0 Å². The van der Waals surface area contributed by atoms with Crippen molar-refractivity contribution in [2.24, 2.45) is 0 Å². The molecule has 4 heteroatoms. The molecule has 1 N–H and O–H groups in total. The third-order valence-electron chi connectivity index (χ3n) is 3.10. The number of benzene rings is 1. The van der Waals surface area contributed by atoms with Crippen molar-refractivity contribution in [3.05, 3.63) is 52.8 Å². The number of hydrogen-bond acceptors (Lipinski definition) is 3. The highest BCUT2D eigenvalue weighted by atomic mass is 35.5. The smallest absolute Gasteiger partial charge is 0.152 e. The highest BCUT2D eigenvalue weighted by molar-refractivity contribution is 6.31. The molecule has 0 saturated heterocycles. The third-order valence-corrected chi connectivity index (χ3v) is 3.40. The lowest BCUT2D eigenvalue weighted by atomic mass is 10.1. The molecule has 0 radical (unpaired) electrons. The number of pyridine rings is 1. The van der Waals surface area contributed by atoms with Gasteiger partial charge in [0.2, 0.25) is 0 Å². The van der Waals surface area contributed by atoms with Crippen LogP contribution < -0.4 is 10.1 Å². The van der Waals surface area contributed by atoms with Crippen LogP contribution in [0.4, 0.5) is 5.69 Å². The zero-order chi connectivity index (χ0) is 15.4. The van der Waals surface area contributed by atoms with Crippen LogP contribution in [-0.4, -0.2) is 11.1 Å². The van der Waals surface area contributed by atoms with Crippen LogP contribution in [0.1, 0.15) is 37.9 Å². The van der Waals surface area contributed by atoms with Crippen LogP contribution in [0.5, 0.6) is 5.75 Å². The maximum absolute atomic E-state index is 6.12. The number of halogens is 1. The van der Waals surface area contributed by atoms with Crippen molar-refractivity contribution in [3.63, 3.8) is 0 Å². The fourth-order valence-electron chi connectivity index (χ4n) is 2.08. The minimum absolute atomic E-state index is 0.138. The van der Waals surface area contributed by atoms with Gasteiger partial charge < -0.3 is 10.1 Å². The average molecular weight is 305 g/mol. The minimum atomic E-state index is 0.138. The summed E-state index contributed by atoms with van der Waals surface area (Å²) in [5.41, 5.74) is 3.10. The SMILES string of the molecule is Cc1cnc(Cl)c(NC(C)c2ccc(OC(C)C)cc2)c1. The summed E-state index contributed by atoms with van der Waals surface area (Å²) in [6.07, 6.45) is 1.94. The Balaban J connectivity index is 2.09. The van der Waals surface area contributed by atoms with Crippen LogP contribution in [0.15, 0.2) is 36.5 Å². The van der Waals surface area contributed by atoms with Crippen LogP contribution in [-0.2, 0) is 0 Å². The summed E-state index contributed by atoms with van der Waals surface area (Å²) < 4.78 is 5.65. The Bertz CT molecular complexity index is 596. The molecule has 0 bridgehead atoms. The van der Waals surface area contributed by atoms with Crippen molar-refractivity contribution in [1.82, 2.24) is 4.98 Å². The van der Waals surface area contributed by atoms with Crippen molar-refractivity contribution >= 4 is 17.3 Å². The first-order valence-electron chi connectivity index (χ1n) is 7.11. The van der Waals surface area contributed by atoms with Gasteiger partial charge in [-0.05, 0) is 57.0 Å². The van der Waals surface area contributed by atoms with Crippen molar-refractivity contribution < 1.29 is 4.74 Å². The predicted octanol–water partition coefficient (Wildman–Crippen LogP) is 5.00. The summed E-state index contributed by atoms with van der Waals surface area (Å²) in [5, 5.41) is 3.89. The first-order valence-corrected chi connectivity index (χ1v) is 7.49. The monoisotopic (exact) mass is 304 g/mol. The standard InChI is InChI=1S/C17H21ClN2O/c1-11(2)21-15-7-5-14(6-8-15)13(4)20-16-9-12(3)10-19-17(16)18/h5-11,13,20H,1-4H3. The van der Waals surface area contributed by atoms with Crippen LogP contribution in [0.25, 0.3) is 0 Å². The number of ether oxygens (including phenoxy) is 1. The highest BCUT2D eigenvalue weighted by Gasteiger charge is 2.09. The highest BCUT2D eigenvalue weighted by Crippen LogP contribution is 2.26. The molecular formula is C17H21ClN2O.